The maximum Gasteiger partial charge on any atom is 0.335 e. The number of nitrogens with two attached hydrogens (primary N) is 1. The average Bonchev–Trinajstić information content (AvgIpc) is 2.38. The van der Waals surface area contributed by atoms with Gasteiger partial charge < -0.3 is 16.2 Å². The number of benzene rings is 1. The van der Waals surface area contributed by atoms with Crippen LogP contribution in [-0.4, -0.2) is 22.5 Å². The number of amides is 1. The van der Waals surface area contributed by atoms with E-state index in [1.807, 2.05) is 0 Å². The molecule has 0 atom stereocenters. The van der Waals surface area contributed by atoms with E-state index in [4.69, 9.17) is 10.8 Å². The molecular formula is C14H17BrN2O3. The van der Waals surface area contributed by atoms with Crippen molar-refractivity contribution in [2.24, 2.45) is 5.73 Å². The third-order valence-corrected chi connectivity index (χ3v) is 4.06. The van der Waals surface area contributed by atoms with E-state index in [2.05, 4.69) is 21.2 Å². The molecule has 0 unspecified atom stereocenters. The molecule has 1 saturated carbocycles. The molecule has 0 aliphatic heterocycles. The number of nitrogens with one attached hydrogen (secondary N) is 1. The molecule has 1 aromatic carbocycles. The Labute approximate surface area is 125 Å². The van der Waals surface area contributed by atoms with E-state index in [-0.39, 0.29) is 11.5 Å². The van der Waals surface area contributed by atoms with Gasteiger partial charge in [0.1, 0.15) is 0 Å². The Morgan fingerprint density at radius 1 is 1.20 bits per heavy atom. The standard InChI is InChI=1S/C14H17BrN2O3/c15-10-6-9(12(18)19)7-11(8-10)17-13(20)14(16)4-2-1-3-5-14/h6-8H,1-5,16H2,(H,17,20)(H,18,19). The third kappa shape index (κ3) is 3.37. The zero-order chi connectivity index (χ0) is 14.8. The van der Waals surface area contributed by atoms with Crippen molar-refractivity contribution < 1.29 is 14.7 Å². The van der Waals surface area contributed by atoms with E-state index in [0.29, 0.717) is 23.0 Å². The zero-order valence-corrected chi connectivity index (χ0v) is 12.6. The number of hydrogen-bond donors (Lipinski definition) is 3. The lowest BCUT2D eigenvalue weighted by Crippen LogP contribution is -2.52. The van der Waals surface area contributed by atoms with Crippen LogP contribution < -0.4 is 11.1 Å². The number of carboxylic acid groups (broad SMARTS) is 1. The van der Waals surface area contributed by atoms with Crippen molar-refractivity contribution in [1.29, 1.82) is 0 Å². The fourth-order valence-corrected chi connectivity index (χ4v) is 2.94. The van der Waals surface area contributed by atoms with Gasteiger partial charge in [-0.2, -0.15) is 0 Å². The van der Waals surface area contributed by atoms with Crippen molar-refractivity contribution in [1.82, 2.24) is 0 Å². The van der Waals surface area contributed by atoms with Gasteiger partial charge in [0, 0.05) is 10.2 Å². The van der Waals surface area contributed by atoms with E-state index < -0.39 is 11.5 Å². The SMILES string of the molecule is NC1(C(=O)Nc2cc(Br)cc(C(=O)O)c2)CCCCC1. The van der Waals surface area contributed by atoms with Gasteiger partial charge in [-0.3, -0.25) is 4.79 Å². The second kappa shape index (κ2) is 5.93. The molecule has 1 amide bonds. The Morgan fingerprint density at radius 2 is 1.85 bits per heavy atom. The number of anilines is 1. The molecule has 0 saturated heterocycles. The van der Waals surface area contributed by atoms with Gasteiger partial charge in [-0.15, -0.1) is 0 Å². The van der Waals surface area contributed by atoms with Gasteiger partial charge in [0.05, 0.1) is 11.1 Å². The maximum atomic E-state index is 12.3. The van der Waals surface area contributed by atoms with Crippen LogP contribution in [0.5, 0.6) is 0 Å². The second-order valence-corrected chi connectivity index (χ2v) is 6.12. The van der Waals surface area contributed by atoms with Gasteiger partial charge in [-0.25, -0.2) is 4.79 Å². The van der Waals surface area contributed by atoms with Gasteiger partial charge >= 0.3 is 5.97 Å². The normalized spacial score (nSPS) is 17.5. The molecule has 20 heavy (non-hydrogen) atoms. The summed E-state index contributed by atoms with van der Waals surface area (Å²) in [5, 5.41) is 11.7. The van der Waals surface area contributed by atoms with Crippen molar-refractivity contribution in [3.05, 3.63) is 28.2 Å². The van der Waals surface area contributed by atoms with Gasteiger partial charge in [0.15, 0.2) is 0 Å². The lowest BCUT2D eigenvalue weighted by Gasteiger charge is -2.31. The minimum Gasteiger partial charge on any atom is -0.478 e. The zero-order valence-electron chi connectivity index (χ0n) is 11.0. The van der Waals surface area contributed by atoms with E-state index in [9.17, 15) is 9.59 Å². The van der Waals surface area contributed by atoms with E-state index in [1.165, 1.54) is 12.1 Å². The quantitative estimate of drug-likeness (QED) is 0.788. The summed E-state index contributed by atoms with van der Waals surface area (Å²) in [6.45, 7) is 0. The number of carbonyl (C=O) groups is 2. The number of carbonyl (C=O) groups excluding carboxylic acids is 1. The molecule has 0 radical (unpaired) electrons. The van der Waals surface area contributed by atoms with Crippen molar-refractivity contribution in [2.75, 3.05) is 5.32 Å². The highest BCUT2D eigenvalue weighted by atomic mass is 79.9. The molecule has 1 fully saturated rings. The molecule has 0 spiro atoms. The largest absolute Gasteiger partial charge is 0.478 e. The van der Waals surface area contributed by atoms with Crippen LogP contribution in [0.2, 0.25) is 0 Å². The first-order chi connectivity index (χ1) is 9.40. The topological polar surface area (TPSA) is 92.4 Å². The number of hydrogen-bond acceptors (Lipinski definition) is 3. The third-order valence-electron chi connectivity index (χ3n) is 3.60. The number of rotatable bonds is 3. The summed E-state index contributed by atoms with van der Waals surface area (Å²) in [6.07, 6.45) is 4.33. The average molecular weight is 341 g/mol. The minimum atomic E-state index is -1.04. The predicted octanol–water partition coefficient (Wildman–Crippen LogP) is 2.75. The lowest BCUT2D eigenvalue weighted by atomic mass is 9.82. The van der Waals surface area contributed by atoms with E-state index >= 15 is 0 Å². The van der Waals surface area contributed by atoms with Crippen LogP contribution in [0.1, 0.15) is 42.5 Å². The van der Waals surface area contributed by atoms with Crippen LogP contribution in [0.3, 0.4) is 0 Å². The summed E-state index contributed by atoms with van der Waals surface area (Å²) >= 11 is 3.23. The molecule has 5 nitrogen and oxygen atoms in total. The summed E-state index contributed by atoms with van der Waals surface area (Å²) < 4.78 is 0.599. The van der Waals surface area contributed by atoms with Crippen molar-refractivity contribution in [2.45, 2.75) is 37.6 Å². The van der Waals surface area contributed by atoms with Gasteiger partial charge in [0.25, 0.3) is 0 Å². The van der Waals surface area contributed by atoms with Crippen molar-refractivity contribution in [3.8, 4) is 0 Å². The monoisotopic (exact) mass is 340 g/mol. The minimum absolute atomic E-state index is 0.115. The fraction of sp³-hybridized carbons (Fsp3) is 0.429. The first kappa shape index (κ1) is 15.0. The highest BCUT2D eigenvalue weighted by molar-refractivity contribution is 9.10. The summed E-state index contributed by atoms with van der Waals surface area (Å²) in [5.74, 6) is -1.28. The molecule has 2 rings (SSSR count). The van der Waals surface area contributed by atoms with Crippen molar-refractivity contribution in [3.63, 3.8) is 0 Å². The molecule has 4 N–H and O–H groups in total. The second-order valence-electron chi connectivity index (χ2n) is 5.20. The number of halogens is 1. The van der Waals surface area contributed by atoms with Crippen LogP contribution in [0.15, 0.2) is 22.7 Å². The first-order valence-electron chi connectivity index (χ1n) is 6.55. The predicted molar refractivity (Wildman–Crippen MR) is 79.7 cm³/mol. The molecule has 1 aliphatic carbocycles. The Morgan fingerprint density at radius 3 is 2.45 bits per heavy atom. The van der Waals surface area contributed by atoms with Gasteiger partial charge in [-0.05, 0) is 31.0 Å². The first-order valence-corrected chi connectivity index (χ1v) is 7.34. The molecule has 0 bridgehead atoms. The van der Waals surface area contributed by atoms with Crippen LogP contribution in [-0.2, 0) is 4.79 Å². The fourth-order valence-electron chi connectivity index (χ4n) is 2.45. The van der Waals surface area contributed by atoms with E-state index in [0.717, 1.165) is 19.3 Å². The molecule has 1 aromatic rings. The number of aromatic carboxylic acids is 1. The summed E-state index contributed by atoms with van der Waals surface area (Å²) in [4.78, 5) is 23.3. The Bertz CT molecular complexity index is 539. The van der Waals surface area contributed by atoms with Crippen LogP contribution in [0.25, 0.3) is 0 Å². The molecule has 108 valence electrons. The van der Waals surface area contributed by atoms with Crippen molar-refractivity contribution >= 4 is 33.5 Å². The van der Waals surface area contributed by atoms with Crippen LogP contribution in [0, 0.1) is 0 Å². The highest BCUT2D eigenvalue weighted by Gasteiger charge is 2.35. The summed E-state index contributed by atoms with van der Waals surface area (Å²) in [6, 6.07) is 4.57. The molecule has 1 aliphatic rings. The molecule has 6 heteroatoms. The Kier molecular flexibility index (Phi) is 4.45. The summed E-state index contributed by atoms with van der Waals surface area (Å²) in [5.41, 5.74) is 5.86. The van der Waals surface area contributed by atoms with Gasteiger partial charge in [-0.1, -0.05) is 35.2 Å². The Hall–Kier alpha value is -1.40. The van der Waals surface area contributed by atoms with Gasteiger partial charge in [0.2, 0.25) is 5.91 Å². The molecule has 0 aromatic heterocycles. The number of carboxylic acids is 1. The maximum absolute atomic E-state index is 12.3. The van der Waals surface area contributed by atoms with Crippen LogP contribution >= 0.6 is 15.9 Å². The van der Waals surface area contributed by atoms with E-state index in [1.54, 1.807) is 6.07 Å². The molecular weight excluding hydrogens is 324 g/mol. The van der Waals surface area contributed by atoms with Crippen LogP contribution in [0.4, 0.5) is 5.69 Å². The molecule has 0 heterocycles. The lowest BCUT2D eigenvalue weighted by molar-refractivity contribution is -0.122. The highest BCUT2D eigenvalue weighted by Crippen LogP contribution is 2.28. The smallest absolute Gasteiger partial charge is 0.335 e. The summed E-state index contributed by atoms with van der Waals surface area (Å²) in [7, 11) is 0. The Balaban J connectivity index is 2.17.